The normalized spacial score (nSPS) is 14.8. The fourth-order valence-corrected chi connectivity index (χ4v) is 3.86. The van der Waals surface area contributed by atoms with Crippen LogP contribution < -0.4 is 0 Å². The van der Waals surface area contributed by atoms with Gasteiger partial charge in [-0.25, -0.2) is 0 Å². The summed E-state index contributed by atoms with van der Waals surface area (Å²) in [5.74, 6) is 0. The first-order valence-electron chi connectivity index (χ1n) is 6.56. The van der Waals surface area contributed by atoms with Crippen LogP contribution in [-0.2, 0) is 23.7 Å². The SMILES string of the molecule is CCOP(=O)(OCC)[C@@](O)(CC=O)c1ccc(C)cc1. The van der Waals surface area contributed by atoms with E-state index in [1.54, 1.807) is 38.1 Å². The van der Waals surface area contributed by atoms with Gasteiger partial charge in [0.25, 0.3) is 0 Å². The highest BCUT2D eigenvalue weighted by atomic mass is 31.2. The van der Waals surface area contributed by atoms with E-state index < -0.39 is 12.9 Å². The van der Waals surface area contributed by atoms with Gasteiger partial charge in [-0.1, -0.05) is 29.8 Å². The number of aryl methyl sites for hydroxylation is 1. The van der Waals surface area contributed by atoms with E-state index in [4.69, 9.17) is 9.05 Å². The van der Waals surface area contributed by atoms with Gasteiger partial charge in [-0.2, -0.15) is 0 Å². The van der Waals surface area contributed by atoms with Crippen molar-refractivity contribution in [3.63, 3.8) is 0 Å². The van der Waals surface area contributed by atoms with Gasteiger partial charge in [-0.05, 0) is 26.3 Å². The predicted octanol–water partition coefficient (Wildman–Crippen LogP) is 3.00. The van der Waals surface area contributed by atoms with Crippen LogP contribution in [0.4, 0.5) is 0 Å². The molecule has 0 bridgehead atoms. The zero-order chi connectivity index (χ0) is 15.2. The lowest BCUT2D eigenvalue weighted by molar-refractivity contribution is -0.111. The van der Waals surface area contributed by atoms with E-state index in [1.807, 2.05) is 6.92 Å². The first-order chi connectivity index (χ1) is 9.43. The molecule has 5 nitrogen and oxygen atoms in total. The molecule has 1 aromatic carbocycles. The Morgan fingerprint density at radius 3 is 2.10 bits per heavy atom. The van der Waals surface area contributed by atoms with Crippen LogP contribution in [0.15, 0.2) is 24.3 Å². The molecule has 0 saturated carbocycles. The lowest BCUT2D eigenvalue weighted by atomic mass is 10.0. The summed E-state index contributed by atoms with van der Waals surface area (Å²) in [5, 5.41) is 8.85. The van der Waals surface area contributed by atoms with Gasteiger partial charge in [0, 0.05) is 6.42 Å². The molecule has 20 heavy (non-hydrogen) atoms. The van der Waals surface area contributed by atoms with Gasteiger partial charge in [-0.3, -0.25) is 4.57 Å². The average molecular weight is 300 g/mol. The maximum absolute atomic E-state index is 12.9. The molecule has 0 saturated heterocycles. The molecular formula is C14H21O5P. The molecule has 0 amide bonds. The Labute approximate surface area is 119 Å². The number of aliphatic hydroxyl groups is 1. The highest BCUT2D eigenvalue weighted by molar-refractivity contribution is 7.55. The number of aldehydes is 1. The molecule has 6 heteroatoms. The number of hydrogen-bond acceptors (Lipinski definition) is 5. The molecule has 0 radical (unpaired) electrons. The Bertz CT molecular complexity index is 475. The monoisotopic (exact) mass is 300 g/mol. The van der Waals surface area contributed by atoms with Crippen molar-refractivity contribution in [3.05, 3.63) is 35.4 Å². The minimum atomic E-state index is -3.87. The molecule has 1 atom stereocenters. The van der Waals surface area contributed by atoms with Crippen LogP contribution in [0.25, 0.3) is 0 Å². The number of benzene rings is 1. The third kappa shape index (κ3) is 3.36. The van der Waals surface area contributed by atoms with Gasteiger partial charge in [0.05, 0.1) is 13.2 Å². The molecule has 0 aliphatic carbocycles. The van der Waals surface area contributed by atoms with Crippen molar-refractivity contribution in [3.8, 4) is 0 Å². The van der Waals surface area contributed by atoms with Crippen LogP contribution in [0.2, 0.25) is 0 Å². The first kappa shape index (κ1) is 17.1. The van der Waals surface area contributed by atoms with E-state index in [0.717, 1.165) is 5.56 Å². The Kier molecular flexibility index (Phi) is 6.08. The lowest BCUT2D eigenvalue weighted by Crippen LogP contribution is -2.29. The standard InChI is InChI=1S/C14H21O5P/c1-4-18-20(17,19-5-2)14(16,10-11-15)13-8-6-12(3)7-9-13/h6-9,11,16H,4-5,10H2,1-3H3/t14-/m0/s1. The van der Waals surface area contributed by atoms with E-state index >= 15 is 0 Å². The molecule has 1 rings (SSSR count). The maximum atomic E-state index is 12.9. The molecule has 0 spiro atoms. The fraction of sp³-hybridized carbons (Fsp3) is 0.500. The van der Waals surface area contributed by atoms with Gasteiger partial charge < -0.3 is 18.9 Å². The van der Waals surface area contributed by atoms with Crippen LogP contribution >= 0.6 is 7.60 Å². The summed E-state index contributed by atoms with van der Waals surface area (Å²) < 4.78 is 23.3. The molecular weight excluding hydrogens is 279 g/mol. The van der Waals surface area contributed by atoms with Gasteiger partial charge >= 0.3 is 7.60 Å². The smallest absolute Gasteiger partial charge is 0.366 e. The molecule has 112 valence electrons. The van der Waals surface area contributed by atoms with E-state index in [0.29, 0.717) is 11.8 Å². The largest absolute Gasteiger partial charge is 0.373 e. The summed E-state index contributed by atoms with van der Waals surface area (Å²) in [6.45, 7) is 5.44. The van der Waals surface area contributed by atoms with Crippen molar-refractivity contribution < 1.29 is 23.5 Å². The Hall–Kier alpha value is -1.00. The summed E-state index contributed by atoms with van der Waals surface area (Å²) in [5.41, 5.74) is 1.34. The van der Waals surface area contributed by atoms with E-state index in [9.17, 15) is 14.5 Å². The number of carbonyl (C=O) groups is 1. The Morgan fingerprint density at radius 2 is 1.70 bits per heavy atom. The summed E-state index contributed by atoms with van der Waals surface area (Å²) in [6.07, 6.45) is 0.165. The first-order valence-corrected chi connectivity index (χ1v) is 8.10. The van der Waals surface area contributed by atoms with Crippen molar-refractivity contribution in [1.29, 1.82) is 0 Å². The second-order valence-electron chi connectivity index (χ2n) is 4.39. The summed E-state index contributed by atoms with van der Waals surface area (Å²) in [7, 11) is -3.87. The summed E-state index contributed by atoms with van der Waals surface area (Å²) in [6, 6.07) is 6.80. The topological polar surface area (TPSA) is 72.8 Å². The zero-order valence-corrected chi connectivity index (χ0v) is 12.9. The minimum absolute atomic E-state index is 0.115. The fourth-order valence-electron chi connectivity index (χ4n) is 1.92. The quantitative estimate of drug-likeness (QED) is 0.590. The van der Waals surface area contributed by atoms with Crippen molar-refractivity contribution >= 4 is 13.9 Å². The van der Waals surface area contributed by atoms with Gasteiger partial charge in [0.2, 0.25) is 0 Å². The third-order valence-corrected chi connectivity index (χ3v) is 5.48. The van der Waals surface area contributed by atoms with Crippen molar-refractivity contribution in [2.24, 2.45) is 0 Å². The van der Waals surface area contributed by atoms with Crippen molar-refractivity contribution in [2.75, 3.05) is 13.2 Å². The Morgan fingerprint density at radius 1 is 1.20 bits per heavy atom. The molecule has 0 aliphatic heterocycles. The number of rotatable bonds is 8. The van der Waals surface area contributed by atoms with Crippen LogP contribution in [-0.4, -0.2) is 24.6 Å². The maximum Gasteiger partial charge on any atom is 0.366 e. The summed E-state index contributed by atoms with van der Waals surface area (Å²) in [4.78, 5) is 10.9. The predicted molar refractivity (Wildman–Crippen MR) is 76.6 cm³/mol. The molecule has 1 aromatic rings. The van der Waals surface area contributed by atoms with Crippen LogP contribution in [0.3, 0.4) is 0 Å². The molecule has 0 aromatic heterocycles. The third-order valence-electron chi connectivity index (χ3n) is 2.93. The highest BCUT2D eigenvalue weighted by Crippen LogP contribution is 2.64. The molecule has 0 fully saturated rings. The minimum Gasteiger partial charge on any atom is -0.373 e. The van der Waals surface area contributed by atoms with Crippen molar-refractivity contribution in [1.82, 2.24) is 0 Å². The van der Waals surface area contributed by atoms with Crippen LogP contribution in [0.5, 0.6) is 0 Å². The van der Waals surface area contributed by atoms with Crippen LogP contribution in [0.1, 0.15) is 31.4 Å². The molecule has 0 unspecified atom stereocenters. The van der Waals surface area contributed by atoms with Gasteiger partial charge in [0.15, 0.2) is 5.34 Å². The van der Waals surface area contributed by atoms with Gasteiger partial charge in [-0.15, -0.1) is 0 Å². The van der Waals surface area contributed by atoms with Crippen LogP contribution in [0, 0.1) is 6.92 Å². The highest BCUT2D eigenvalue weighted by Gasteiger charge is 2.50. The van der Waals surface area contributed by atoms with E-state index in [-0.39, 0.29) is 19.6 Å². The lowest BCUT2D eigenvalue weighted by Gasteiger charge is -2.33. The van der Waals surface area contributed by atoms with Gasteiger partial charge in [0.1, 0.15) is 6.29 Å². The Balaban J connectivity index is 3.34. The van der Waals surface area contributed by atoms with E-state index in [2.05, 4.69) is 0 Å². The number of hydrogen-bond donors (Lipinski definition) is 1. The van der Waals surface area contributed by atoms with Crippen molar-refractivity contribution in [2.45, 2.75) is 32.5 Å². The molecule has 1 N–H and O–H groups in total. The second-order valence-corrected chi connectivity index (χ2v) is 6.64. The summed E-state index contributed by atoms with van der Waals surface area (Å²) >= 11 is 0. The zero-order valence-electron chi connectivity index (χ0n) is 12.0. The van der Waals surface area contributed by atoms with E-state index in [1.165, 1.54) is 0 Å². The average Bonchev–Trinajstić information content (AvgIpc) is 2.40. The second kappa shape index (κ2) is 7.14. The molecule has 0 aliphatic rings. The number of carbonyl (C=O) groups excluding carboxylic acids is 1. The molecule has 0 heterocycles.